The normalized spacial score (nSPS) is 10.8. The van der Waals surface area contributed by atoms with Crippen molar-refractivity contribution in [2.45, 2.75) is 32.1 Å². The van der Waals surface area contributed by atoms with E-state index in [4.69, 9.17) is 5.11 Å². The summed E-state index contributed by atoms with van der Waals surface area (Å²) in [6.45, 7) is 5.30. The highest BCUT2D eigenvalue weighted by atomic mass is 32.2. The van der Waals surface area contributed by atoms with Crippen LogP contribution in [0.2, 0.25) is 0 Å². The fourth-order valence-electron chi connectivity index (χ4n) is 1.68. The van der Waals surface area contributed by atoms with E-state index < -0.39 is 5.97 Å². The van der Waals surface area contributed by atoms with Crippen LogP contribution in [0.25, 0.3) is 0 Å². The quantitative estimate of drug-likeness (QED) is 0.796. The van der Waals surface area contributed by atoms with Crippen molar-refractivity contribution in [3.8, 4) is 0 Å². The average molecular weight is 281 g/mol. The van der Waals surface area contributed by atoms with Crippen LogP contribution in [-0.2, 0) is 17.9 Å². The minimum atomic E-state index is -0.853. The molecule has 2 aromatic heterocycles. The Morgan fingerprint density at radius 3 is 3.00 bits per heavy atom. The smallest absolute Gasteiger partial charge is 0.313 e. The molecule has 102 valence electrons. The van der Waals surface area contributed by atoms with Crippen LogP contribution < -0.4 is 0 Å². The second kappa shape index (κ2) is 5.87. The Morgan fingerprint density at radius 1 is 1.53 bits per heavy atom. The highest BCUT2D eigenvalue weighted by Crippen LogP contribution is 2.19. The Morgan fingerprint density at radius 2 is 2.32 bits per heavy atom. The third kappa shape index (κ3) is 3.14. The number of aryl methyl sites for hydroxylation is 2. The predicted molar refractivity (Wildman–Crippen MR) is 70.1 cm³/mol. The van der Waals surface area contributed by atoms with Gasteiger partial charge < -0.3 is 14.2 Å². The number of imidazole rings is 1. The predicted octanol–water partition coefficient (Wildman–Crippen LogP) is 1.03. The van der Waals surface area contributed by atoms with Crippen molar-refractivity contribution >= 4 is 17.7 Å². The first-order valence-corrected chi connectivity index (χ1v) is 6.83. The molecular formula is C11H15N5O2S. The minimum absolute atomic E-state index is 0.00305. The number of aromatic nitrogens is 5. The number of hydrogen-bond acceptors (Lipinski definition) is 5. The lowest BCUT2D eigenvalue weighted by Crippen LogP contribution is -2.10. The molecule has 0 unspecified atom stereocenters. The molecule has 0 saturated carbocycles. The highest BCUT2D eigenvalue weighted by molar-refractivity contribution is 7.99. The molecule has 2 rings (SSSR count). The molecule has 2 heterocycles. The first-order valence-electron chi connectivity index (χ1n) is 5.85. The van der Waals surface area contributed by atoms with E-state index in [0.717, 1.165) is 18.1 Å². The van der Waals surface area contributed by atoms with Crippen molar-refractivity contribution in [3.63, 3.8) is 0 Å². The lowest BCUT2D eigenvalue weighted by molar-refractivity contribution is -0.133. The van der Waals surface area contributed by atoms with Gasteiger partial charge in [0.1, 0.15) is 6.33 Å². The van der Waals surface area contributed by atoms with Crippen LogP contribution in [0.3, 0.4) is 0 Å². The zero-order chi connectivity index (χ0) is 13.8. The number of carbonyl (C=O) groups is 1. The summed E-state index contributed by atoms with van der Waals surface area (Å²) in [5, 5.41) is 17.4. The number of hydrogen-bond donors (Lipinski definition) is 1. The van der Waals surface area contributed by atoms with E-state index in [1.807, 2.05) is 23.0 Å². The van der Waals surface area contributed by atoms with Crippen LogP contribution in [0.15, 0.2) is 17.7 Å². The number of carboxylic acids is 1. The maximum Gasteiger partial charge on any atom is 0.313 e. The maximum atomic E-state index is 10.6. The molecule has 2 aromatic rings. The Bertz CT molecular complexity index is 577. The van der Waals surface area contributed by atoms with Crippen molar-refractivity contribution in [1.29, 1.82) is 0 Å². The molecule has 0 spiro atoms. The molecule has 0 saturated heterocycles. The SMILES string of the molecule is CCn1cnnc1Cn1c(C)cnc1SCC(=O)O. The monoisotopic (exact) mass is 281 g/mol. The van der Waals surface area contributed by atoms with Crippen molar-refractivity contribution < 1.29 is 9.90 Å². The second-order valence-electron chi connectivity index (χ2n) is 3.98. The summed E-state index contributed by atoms with van der Waals surface area (Å²) in [4.78, 5) is 14.9. The number of nitrogens with zero attached hydrogens (tertiary/aromatic N) is 5. The Labute approximate surface area is 114 Å². The number of thioether (sulfide) groups is 1. The summed E-state index contributed by atoms with van der Waals surface area (Å²) in [5.41, 5.74) is 0.971. The van der Waals surface area contributed by atoms with Gasteiger partial charge in [0.25, 0.3) is 0 Å². The van der Waals surface area contributed by atoms with E-state index in [1.165, 1.54) is 11.8 Å². The number of carboxylic acid groups (broad SMARTS) is 1. The second-order valence-corrected chi connectivity index (χ2v) is 4.93. The molecule has 19 heavy (non-hydrogen) atoms. The van der Waals surface area contributed by atoms with E-state index in [-0.39, 0.29) is 5.75 Å². The molecule has 0 amide bonds. The van der Waals surface area contributed by atoms with Crippen molar-refractivity contribution in [3.05, 3.63) is 24.0 Å². The highest BCUT2D eigenvalue weighted by Gasteiger charge is 2.12. The topological polar surface area (TPSA) is 85.8 Å². The van der Waals surface area contributed by atoms with Crippen molar-refractivity contribution in [2.75, 3.05) is 5.75 Å². The maximum absolute atomic E-state index is 10.6. The number of aliphatic carboxylic acids is 1. The molecule has 0 aliphatic rings. The first-order chi connectivity index (χ1) is 9.11. The van der Waals surface area contributed by atoms with E-state index in [0.29, 0.717) is 11.7 Å². The summed E-state index contributed by atoms with van der Waals surface area (Å²) in [6.07, 6.45) is 3.42. The summed E-state index contributed by atoms with van der Waals surface area (Å²) in [6, 6.07) is 0. The van der Waals surface area contributed by atoms with Gasteiger partial charge in [0.05, 0.1) is 12.3 Å². The van der Waals surface area contributed by atoms with Crippen LogP contribution in [0.5, 0.6) is 0 Å². The van der Waals surface area contributed by atoms with Gasteiger partial charge >= 0.3 is 5.97 Å². The third-order valence-corrected chi connectivity index (χ3v) is 3.65. The van der Waals surface area contributed by atoms with E-state index >= 15 is 0 Å². The van der Waals surface area contributed by atoms with Crippen molar-refractivity contribution in [1.82, 2.24) is 24.3 Å². The summed E-state index contributed by atoms with van der Waals surface area (Å²) in [5.74, 6) is -0.0218. The molecule has 0 radical (unpaired) electrons. The van der Waals surface area contributed by atoms with Crippen LogP contribution in [0, 0.1) is 6.92 Å². The molecule has 8 heteroatoms. The zero-order valence-electron chi connectivity index (χ0n) is 10.8. The van der Waals surface area contributed by atoms with E-state index in [9.17, 15) is 4.79 Å². The first kappa shape index (κ1) is 13.6. The third-order valence-electron chi connectivity index (χ3n) is 2.68. The van der Waals surface area contributed by atoms with Crippen LogP contribution in [-0.4, -0.2) is 41.1 Å². The zero-order valence-corrected chi connectivity index (χ0v) is 11.6. The van der Waals surface area contributed by atoms with E-state index in [2.05, 4.69) is 15.2 Å². The lowest BCUT2D eigenvalue weighted by Gasteiger charge is -2.09. The molecule has 0 atom stereocenters. The van der Waals surface area contributed by atoms with Gasteiger partial charge in [-0.25, -0.2) is 4.98 Å². The Balaban J connectivity index is 2.19. The van der Waals surface area contributed by atoms with Gasteiger partial charge in [-0.2, -0.15) is 0 Å². The average Bonchev–Trinajstić information content (AvgIpc) is 2.96. The van der Waals surface area contributed by atoms with E-state index in [1.54, 1.807) is 12.5 Å². The molecule has 0 bridgehead atoms. The molecule has 7 nitrogen and oxygen atoms in total. The van der Waals surface area contributed by atoms with Crippen LogP contribution in [0.1, 0.15) is 18.4 Å². The minimum Gasteiger partial charge on any atom is -0.481 e. The molecule has 1 N–H and O–H groups in total. The van der Waals surface area contributed by atoms with Gasteiger partial charge in [-0.3, -0.25) is 4.79 Å². The largest absolute Gasteiger partial charge is 0.481 e. The van der Waals surface area contributed by atoms with Crippen LogP contribution in [0.4, 0.5) is 0 Å². The standard InChI is InChI=1S/C11H15N5O2S/c1-3-15-7-13-14-9(15)5-16-8(2)4-12-11(16)19-6-10(17)18/h4,7H,3,5-6H2,1-2H3,(H,17,18). The van der Waals surface area contributed by atoms with Crippen molar-refractivity contribution in [2.24, 2.45) is 0 Å². The van der Waals surface area contributed by atoms with Gasteiger partial charge in [0, 0.05) is 18.4 Å². The number of rotatable bonds is 6. The molecule has 0 aliphatic heterocycles. The summed E-state index contributed by atoms with van der Waals surface area (Å²) >= 11 is 1.21. The fourth-order valence-corrected chi connectivity index (χ4v) is 2.42. The fraction of sp³-hybridized carbons (Fsp3) is 0.455. The summed E-state index contributed by atoms with van der Waals surface area (Å²) in [7, 11) is 0. The van der Waals surface area contributed by atoms with Gasteiger partial charge in [-0.05, 0) is 13.8 Å². The molecule has 0 aliphatic carbocycles. The van der Waals surface area contributed by atoms with Gasteiger partial charge in [-0.15, -0.1) is 10.2 Å². The summed E-state index contributed by atoms with van der Waals surface area (Å²) < 4.78 is 3.90. The molecule has 0 aromatic carbocycles. The van der Waals surface area contributed by atoms with Crippen LogP contribution >= 0.6 is 11.8 Å². The van der Waals surface area contributed by atoms with Gasteiger partial charge in [-0.1, -0.05) is 11.8 Å². The van der Waals surface area contributed by atoms with Gasteiger partial charge in [0.15, 0.2) is 11.0 Å². The van der Waals surface area contributed by atoms with Gasteiger partial charge in [0.2, 0.25) is 0 Å². The molecule has 0 fully saturated rings. The molecular weight excluding hydrogens is 266 g/mol. The lowest BCUT2D eigenvalue weighted by atomic mass is 10.5. The Hall–Kier alpha value is -1.83. The Kier molecular flexibility index (Phi) is 4.20.